The lowest BCUT2D eigenvalue weighted by Gasteiger charge is -2.19. The molecule has 0 bridgehead atoms. The molecule has 0 spiro atoms. The van der Waals surface area contributed by atoms with Crippen molar-refractivity contribution in [3.63, 3.8) is 0 Å². The minimum atomic E-state index is -4.23. The Labute approximate surface area is 207 Å². The molecular formula is C25H50NO7P. The predicted octanol–water partition coefficient (Wildman–Crippen LogP) is 6.06. The summed E-state index contributed by atoms with van der Waals surface area (Å²) in [6, 6.07) is 0. The molecule has 8 nitrogen and oxygen atoms in total. The molecule has 3 N–H and O–H groups in total. The van der Waals surface area contributed by atoms with Gasteiger partial charge >= 0.3 is 13.8 Å². The van der Waals surface area contributed by atoms with E-state index in [-0.39, 0.29) is 38.8 Å². The Bertz CT molecular complexity index is 545. The molecule has 0 aliphatic carbocycles. The second kappa shape index (κ2) is 24.0. The molecule has 2 unspecified atom stereocenters. The van der Waals surface area contributed by atoms with Crippen LogP contribution >= 0.6 is 7.82 Å². The number of allylic oxidation sites excluding steroid dienone is 2. The first-order valence-corrected chi connectivity index (χ1v) is 14.7. The summed E-state index contributed by atoms with van der Waals surface area (Å²) in [5, 5.41) is 0. The van der Waals surface area contributed by atoms with Gasteiger partial charge in [0.15, 0.2) is 0 Å². The van der Waals surface area contributed by atoms with E-state index >= 15 is 0 Å². The van der Waals surface area contributed by atoms with E-state index in [0.29, 0.717) is 13.0 Å². The molecule has 0 aromatic carbocycles. The van der Waals surface area contributed by atoms with Gasteiger partial charge in [0.05, 0.1) is 19.8 Å². The van der Waals surface area contributed by atoms with Crippen molar-refractivity contribution in [1.29, 1.82) is 0 Å². The van der Waals surface area contributed by atoms with Crippen molar-refractivity contribution in [1.82, 2.24) is 0 Å². The molecule has 0 amide bonds. The highest BCUT2D eigenvalue weighted by molar-refractivity contribution is 7.47. The summed E-state index contributed by atoms with van der Waals surface area (Å²) in [7, 11) is -4.23. The molecule has 0 aromatic heterocycles. The Morgan fingerprint density at radius 1 is 0.853 bits per heavy atom. The summed E-state index contributed by atoms with van der Waals surface area (Å²) >= 11 is 0. The number of nitrogens with two attached hydrogens (primary N) is 1. The van der Waals surface area contributed by atoms with Crippen LogP contribution in [0.4, 0.5) is 0 Å². The highest BCUT2D eigenvalue weighted by Gasteiger charge is 2.24. The number of phosphoric acid groups is 1. The highest BCUT2D eigenvalue weighted by Crippen LogP contribution is 2.43. The maximum Gasteiger partial charge on any atom is 0.472 e. The van der Waals surface area contributed by atoms with Gasteiger partial charge in [-0.05, 0) is 38.5 Å². The van der Waals surface area contributed by atoms with E-state index in [2.05, 4.69) is 19.1 Å². The summed E-state index contributed by atoms with van der Waals surface area (Å²) < 4.78 is 32.3. The molecule has 9 heteroatoms. The van der Waals surface area contributed by atoms with Crippen molar-refractivity contribution >= 4 is 13.8 Å². The first kappa shape index (κ1) is 33.2. The number of esters is 1. The van der Waals surface area contributed by atoms with Crippen molar-refractivity contribution in [2.75, 3.05) is 33.0 Å². The zero-order valence-corrected chi connectivity index (χ0v) is 22.5. The van der Waals surface area contributed by atoms with Crippen LogP contribution in [0.5, 0.6) is 0 Å². The number of unbranched alkanes of at least 4 members (excludes halogenated alkanes) is 10. The summed E-state index contributed by atoms with van der Waals surface area (Å²) in [6.45, 7) is 4.49. The molecule has 0 saturated carbocycles. The van der Waals surface area contributed by atoms with E-state index in [1.165, 1.54) is 64.2 Å². The fourth-order valence-corrected chi connectivity index (χ4v) is 4.03. The molecule has 0 heterocycles. The second-order valence-corrected chi connectivity index (χ2v) is 10.0. The zero-order chi connectivity index (χ0) is 25.3. The van der Waals surface area contributed by atoms with Crippen LogP contribution in [-0.2, 0) is 27.9 Å². The Hall–Kier alpha value is -0.760. The van der Waals surface area contributed by atoms with Gasteiger partial charge in [-0.2, -0.15) is 0 Å². The number of hydrogen-bond donors (Lipinski definition) is 2. The van der Waals surface area contributed by atoms with Crippen LogP contribution in [-0.4, -0.2) is 49.9 Å². The number of carbonyl (C=O) groups is 1. The Kier molecular flexibility index (Phi) is 23.4. The smallest absolute Gasteiger partial charge is 0.457 e. The first-order chi connectivity index (χ1) is 16.4. The van der Waals surface area contributed by atoms with Crippen LogP contribution in [0.25, 0.3) is 0 Å². The maximum absolute atomic E-state index is 11.8. The van der Waals surface area contributed by atoms with Gasteiger partial charge in [-0.1, -0.05) is 70.9 Å². The molecular weight excluding hydrogens is 457 g/mol. The van der Waals surface area contributed by atoms with Gasteiger partial charge in [-0.25, -0.2) is 4.57 Å². The molecule has 34 heavy (non-hydrogen) atoms. The van der Waals surface area contributed by atoms with Crippen LogP contribution in [0.1, 0.15) is 104 Å². The maximum atomic E-state index is 11.8. The zero-order valence-electron chi connectivity index (χ0n) is 21.6. The standard InChI is InChI=1S/C25H50NO7P/c1-3-5-6-7-8-9-10-11-12-13-14-15-16-17-20-30-22-24(33-25(27)18-4-2)23-32-34(28,29)31-21-19-26/h9-10,24H,3-8,11-23,26H2,1-2H3,(H,28,29)/b10-9-. The van der Waals surface area contributed by atoms with Crippen LogP contribution in [0.15, 0.2) is 12.2 Å². The summed E-state index contributed by atoms with van der Waals surface area (Å²) in [5.74, 6) is -0.387. The van der Waals surface area contributed by atoms with Gasteiger partial charge in [-0.3, -0.25) is 13.8 Å². The Balaban J connectivity index is 3.87. The fourth-order valence-electron chi connectivity index (χ4n) is 3.26. The molecule has 0 saturated heterocycles. The van der Waals surface area contributed by atoms with Crippen molar-refractivity contribution in [2.45, 2.75) is 110 Å². The molecule has 0 radical (unpaired) electrons. The quantitative estimate of drug-likeness (QED) is 0.0662. The predicted molar refractivity (Wildman–Crippen MR) is 137 cm³/mol. The van der Waals surface area contributed by atoms with Crippen LogP contribution in [0, 0.1) is 0 Å². The lowest BCUT2D eigenvalue weighted by atomic mass is 10.1. The van der Waals surface area contributed by atoms with E-state index in [9.17, 15) is 14.3 Å². The topological polar surface area (TPSA) is 117 Å². The van der Waals surface area contributed by atoms with Crippen LogP contribution in [0.2, 0.25) is 0 Å². The number of ether oxygens (including phenoxy) is 2. The lowest BCUT2D eigenvalue weighted by molar-refractivity contribution is -0.154. The number of carbonyl (C=O) groups excluding carboxylic acids is 1. The van der Waals surface area contributed by atoms with Gasteiger partial charge in [0, 0.05) is 19.6 Å². The van der Waals surface area contributed by atoms with Crippen molar-refractivity contribution in [3.8, 4) is 0 Å². The molecule has 0 rings (SSSR count). The third kappa shape index (κ3) is 23.0. The monoisotopic (exact) mass is 507 g/mol. The molecule has 0 aliphatic heterocycles. The van der Waals surface area contributed by atoms with Gasteiger partial charge in [0.25, 0.3) is 0 Å². The van der Waals surface area contributed by atoms with Crippen LogP contribution < -0.4 is 5.73 Å². The number of rotatable bonds is 25. The van der Waals surface area contributed by atoms with Gasteiger partial charge in [0.2, 0.25) is 0 Å². The summed E-state index contributed by atoms with van der Waals surface area (Å²) in [5.41, 5.74) is 5.26. The molecule has 2 atom stereocenters. The minimum absolute atomic E-state index is 0.0968. The van der Waals surface area contributed by atoms with E-state index in [1.54, 1.807) is 0 Å². The fraction of sp³-hybridized carbons (Fsp3) is 0.880. The second-order valence-electron chi connectivity index (χ2n) is 8.55. The third-order valence-electron chi connectivity index (χ3n) is 5.15. The minimum Gasteiger partial charge on any atom is -0.457 e. The van der Waals surface area contributed by atoms with E-state index < -0.39 is 13.9 Å². The Morgan fingerprint density at radius 2 is 1.47 bits per heavy atom. The summed E-state index contributed by atoms with van der Waals surface area (Å²) in [6.07, 6.45) is 19.4. The molecule has 0 fully saturated rings. The van der Waals surface area contributed by atoms with Crippen molar-refractivity contribution in [2.24, 2.45) is 5.73 Å². The van der Waals surface area contributed by atoms with Gasteiger partial charge < -0.3 is 20.1 Å². The summed E-state index contributed by atoms with van der Waals surface area (Å²) in [4.78, 5) is 21.4. The van der Waals surface area contributed by atoms with E-state index in [0.717, 1.165) is 12.8 Å². The van der Waals surface area contributed by atoms with E-state index in [1.807, 2.05) is 6.92 Å². The van der Waals surface area contributed by atoms with Gasteiger partial charge in [-0.15, -0.1) is 0 Å². The highest BCUT2D eigenvalue weighted by atomic mass is 31.2. The largest absolute Gasteiger partial charge is 0.472 e. The number of phosphoric ester groups is 1. The number of hydrogen-bond acceptors (Lipinski definition) is 7. The lowest BCUT2D eigenvalue weighted by Crippen LogP contribution is -2.28. The van der Waals surface area contributed by atoms with Crippen molar-refractivity contribution < 1.29 is 32.8 Å². The third-order valence-corrected chi connectivity index (χ3v) is 6.14. The average molecular weight is 508 g/mol. The molecule has 202 valence electrons. The average Bonchev–Trinajstić information content (AvgIpc) is 2.81. The van der Waals surface area contributed by atoms with E-state index in [4.69, 9.17) is 24.3 Å². The van der Waals surface area contributed by atoms with Crippen LogP contribution in [0.3, 0.4) is 0 Å². The van der Waals surface area contributed by atoms with Crippen molar-refractivity contribution in [3.05, 3.63) is 12.2 Å². The SMILES string of the molecule is CCCCCC/C=C\CCCCCCCCOCC(COP(=O)(O)OCCN)OC(=O)CCC. The van der Waals surface area contributed by atoms with Gasteiger partial charge in [0.1, 0.15) is 6.10 Å². The Morgan fingerprint density at radius 3 is 2.09 bits per heavy atom. The molecule has 0 aromatic rings. The first-order valence-electron chi connectivity index (χ1n) is 13.2. The molecule has 0 aliphatic rings. The normalized spacial score (nSPS) is 14.4.